The van der Waals surface area contributed by atoms with Crippen molar-refractivity contribution in [3.05, 3.63) is 27.7 Å². The van der Waals surface area contributed by atoms with Gasteiger partial charge in [-0.3, -0.25) is 0 Å². The molecule has 0 radical (unpaired) electrons. The molecule has 1 aliphatic rings. The molecule has 0 unspecified atom stereocenters. The summed E-state index contributed by atoms with van der Waals surface area (Å²) in [6.07, 6.45) is 3.28. The van der Waals surface area contributed by atoms with E-state index in [0.717, 1.165) is 25.7 Å². The first-order valence-electron chi connectivity index (χ1n) is 6.11. The van der Waals surface area contributed by atoms with Gasteiger partial charge in [0.25, 0.3) is 0 Å². The smallest absolute Gasteiger partial charge is 0.240 e. The highest BCUT2D eigenvalue weighted by Crippen LogP contribution is 2.26. The number of halogens is 2. The Kier molecular flexibility index (Phi) is 4.89. The zero-order chi connectivity index (χ0) is 14.0. The molecule has 0 heterocycles. The Morgan fingerprint density at radius 3 is 2.47 bits per heavy atom. The van der Waals surface area contributed by atoms with Gasteiger partial charge in [-0.05, 0) is 59.8 Å². The SMILES string of the molecule is NC1CCC(NS(=O)(=O)c2ccc(Br)c(Cl)c2)CC1. The van der Waals surface area contributed by atoms with E-state index in [-0.39, 0.29) is 17.0 Å². The highest BCUT2D eigenvalue weighted by atomic mass is 79.9. The summed E-state index contributed by atoms with van der Waals surface area (Å²) in [4.78, 5) is 0.190. The highest BCUT2D eigenvalue weighted by molar-refractivity contribution is 9.10. The molecule has 0 amide bonds. The molecule has 1 fully saturated rings. The van der Waals surface area contributed by atoms with E-state index in [4.69, 9.17) is 17.3 Å². The maximum atomic E-state index is 12.2. The molecule has 19 heavy (non-hydrogen) atoms. The molecule has 2 rings (SSSR count). The lowest BCUT2D eigenvalue weighted by Gasteiger charge is -2.26. The van der Waals surface area contributed by atoms with Crippen LogP contribution in [0.4, 0.5) is 0 Å². The molecule has 0 saturated heterocycles. The van der Waals surface area contributed by atoms with Crippen molar-refractivity contribution >= 4 is 37.6 Å². The van der Waals surface area contributed by atoms with E-state index < -0.39 is 10.0 Å². The summed E-state index contributed by atoms with van der Waals surface area (Å²) in [5, 5.41) is 0.383. The van der Waals surface area contributed by atoms with Crippen LogP contribution >= 0.6 is 27.5 Å². The van der Waals surface area contributed by atoms with Crippen molar-refractivity contribution in [2.45, 2.75) is 42.7 Å². The quantitative estimate of drug-likeness (QED) is 0.862. The molecule has 0 spiro atoms. The molecular formula is C12H16BrClN2O2S. The average Bonchev–Trinajstić information content (AvgIpc) is 2.35. The predicted octanol–water partition coefficient (Wildman–Crippen LogP) is 2.65. The van der Waals surface area contributed by atoms with Crippen molar-refractivity contribution in [2.24, 2.45) is 5.73 Å². The maximum absolute atomic E-state index is 12.2. The van der Waals surface area contributed by atoms with Gasteiger partial charge in [-0.1, -0.05) is 11.6 Å². The average molecular weight is 368 g/mol. The third-order valence-electron chi connectivity index (χ3n) is 3.30. The monoisotopic (exact) mass is 366 g/mol. The minimum absolute atomic E-state index is 0.0350. The fraction of sp³-hybridized carbons (Fsp3) is 0.500. The second-order valence-corrected chi connectivity index (χ2v) is 7.78. The van der Waals surface area contributed by atoms with Gasteiger partial charge in [-0.2, -0.15) is 0 Å². The van der Waals surface area contributed by atoms with Crippen molar-refractivity contribution < 1.29 is 8.42 Å². The van der Waals surface area contributed by atoms with E-state index >= 15 is 0 Å². The van der Waals surface area contributed by atoms with Gasteiger partial charge in [0.2, 0.25) is 10.0 Å². The third-order valence-corrected chi connectivity index (χ3v) is 6.05. The molecular weight excluding hydrogens is 352 g/mol. The molecule has 1 aliphatic carbocycles. The molecule has 1 saturated carbocycles. The summed E-state index contributed by atoms with van der Waals surface area (Å²) in [7, 11) is -3.51. The molecule has 1 aromatic rings. The summed E-state index contributed by atoms with van der Waals surface area (Å²) in [5.74, 6) is 0. The van der Waals surface area contributed by atoms with Crippen LogP contribution in [0.5, 0.6) is 0 Å². The van der Waals surface area contributed by atoms with Gasteiger partial charge >= 0.3 is 0 Å². The Hall–Kier alpha value is -0.140. The van der Waals surface area contributed by atoms with Crippen LogP contribution in [-0.2, 0) is 10.0 Å². The van der Waals surface area contributed by atoms with Gasteiger partial charge in [0.15, 0.2) is 0 Å². The Bertz CT molecular complexity index is 557. The zero-order valence-corrected chi connectivity index (χ0v) is 13.4. The lowest BCUT2D eigenvalue weighted by Crippen LogP contribution is -2.40. The molecule has 3 N–H and O–H groups in total. The lowest BCUT2D eigenvalue weighted by atomic mass is 9.93. The van der Waals surface area contributed by atoms with Gasteiger partial charge in [0.05, 0.1) is 9.92 Å². The van der Waals surface area contributed by atoms with E-state index in [1.165, 1.54) is 12.1 Å². The van der Waals surface area contributed by atoms with Crippen LogP contribution in [0.15, 0.2) is 27.6 Å². The number of hydrogen-bond donors (Lipinski definition) is 2. The number of sulfonamides is 1. The van der Waals surface area contributed by atoms with Crippen LogP contribution in [0.1, 0.15) is 25.7 Å². The second-order valence-electron chi connectivity index (χ2n) is 4.81. The van der Waals surface area contributed by atoms with Gasteiger partial charge in [-0.15, -0.1) is 0 Å². The molecule has 1 aromatic carbocycles. The standard InChI is InChI=1S/C12H16BrClN2O2S/c13-11-6-5-10(7-12(11)14)19(17,18)16-9-3-1-8(15)2-4-9/h5-9,16H,1-4,15H2. The summed E-state index contributed by atoms with van der Waals surface area (Å²) < 4.78 is 27.9. The predicted molar refractivity (Wildman–Crippen MR) is 79.7 cm³/mol. The van der Waals surface area contributed by atoms with Crippen molar-refractivity contribution in [3.63, 3.8) is 0 Å². The minimum Gasteiger partial charge on any atom is -0.328 e. The van der Waals surface area contributed by atoms with Crippen LogP contribution in [0.3, 0.4) is 0 Å². The zero-order valence-electron chi connectivity index (χ0n) is 10.3. The van der Waals surface area contributed by atoms with Crippen molar-refractivity contribution in [2.75, 3.05) is 0 Å². The largest absolute Gasteiger partial charge is 0.328 e. The van der Waals surface area contributed by atoms with Crippen LogP contribution in [0.25, 0.3) is 0 Å². The number of hydrogen-bond acceptors (Lipinski definition) is 3. The number of nitrogens with one attached hydrogen (secondary N) is 1. The third kappa shape index (κ3) is 3.92. The van der Waals surface area contributed by atoms with Crippen molar-refractivity contribution in [3.8, 4) is 0 Å². The Balaban J connectivity index is 2.11. The first-order chi connectivity index (χ1) is 8.88. The molecule has 106 valence electrons. The minimum atomic E-state index is -3.51. The summed E-state index contributed by atoms with van der Waals surface area (Å²) in [5.41, 5.74) is 5.81. The number of benzene rings is 1. The van der Waals surface area contributed by atoms with E-state index in [1.54, 1.807) is 6.07 Å². The molecule has 7 heteroatoms. The normalized spacial score (nSPS) is 24.4. The Morgan fingerprint density at radius 1 is 1.26 bits per heavy atom. The van der Waals surface area contributed by atoms with E-state index in [1.807, 2.05) is 0 Å². The second kappa shape index (κ2) is 6.10. The van der Waals surface area contributed by atoms with Gasteiger partial charge in [0, 0.05) is 16.6 Å². The Morgan fingerprint density at radius 2 is 1.89 bits per heavy atom. The molecule has 0 aliphatic heterocycles. The maximum Gasteiger partial charge on any atom is 0.240 e. The first-order valence-corrected chi connectivity index (χ1v) is 8.77. The highest BCUT2D eigenvalue weighted by Gasteiger charge is 2.24. The van der Waals surface area contributed by atoms with E-state index in [0.29, 0.717) is 9.50 Å². The number of nitrogens with two attached hydrogens (primary N) is 1. The topological polar surface area (TPSA) is 72.2 Å². The fourth-order valence-corrected chi connectivity index (χ4v) is 3.99. The summed E-state index contributed by atoms with van der Waals surface area (Å²) in [6.45, 7) is 0. The van der Waals surface area contributed by atoms with Crippen LogP contribution < -0.4 is 10.5 Å². The van der Waals surface area contributed by atoms with Gasteiger partial charge in [0.1, 0.15) is 0 Å². The Labute approximate surface area is 126 Å². The van der Waals surface area contributed by atoms with E-state index in [2.05, 4.69) is 20.7 Å². The first kappa shape index (κ1) is 15.3. The fourth-order valence-electron chi connectivity index (χ4n) is 2.17. The lowest BCUT2D eigenvalue weighted by molar-refractivity contribution is 0.373. The summed E-state index contributed by atoms with van der Waals surface area (Å²) >= 11 is 9.17. The molecule has 4 nitrogen and oxygen atoms in total. The van der Waals surface area contributed by atoms with Crippen LogP contribution in [0.2, 0.25) is 5.02 Å². The molecule has 0 atom stereocenters. The van der Waals surface area contributed by atoms with Crippen LogP contribution in [0, 0.1) is 0 Å². The van der Waals surface area contributed by atoms with Crippen LogP contribution in [-0.4, -0.2) is 20.5 Å². The van der Waals surface area contributed by atoms with Gasteiger partial charge < -0.3 is 5.73 Å². The summed E-state index contributed by atoms with van der Waals surface area (Å²) in [6, 6.07) is 4.78. The number of rotatable bonds is 3. The van der Waals surface area contributed by atoms with E-state index in [9.17, 15) is 8.42 Å². The molecule has 0 bridgehead atoms. The molecule has 0 aromatic heterocycles. The van der Waals surface area contributed by atoms with Crippen molar-refractivity contribution in [1.29, 1.82) is 0 Å². The van der Waals surface area contributed by atoms with Gasteiger partial charge in [-0.25, -0.2) is 13.1 Å². The van der Waals surface area contributed by atoms with Crippen molar-refractivity contribution in [1.82, 2.24) is 4.72 Å².